The number of ether oxygens (including phenoxy) is 2. The second-order valence-corrected chi connectivity index (χ2v) is 9.78. The zero-order valence-corrected chi connectivity index (χ0v) is 19.5. The third kappa shape index (κ3) is 4.49. The van der Waals surface area contributed by atoms with Gasteiger partial charge in [0.2, 0.25) is 11.8 Å². The molecule has 3 aliphatic heterocycles. The Labute approximate surface area is 190 Å². The molecule has 0 bridgehead atoms. The van der Waals surface area contributed by atoms with Crippen molar-refractivity contribution in [3.8, 4) is 5.75 Å². The van der Waals surface area contributed by atoms with Crippen LogP contribution in [0.15, 0.2) is 24.3 Å². The Hall–Kier alpha value is -2.16. The van der Waals surface area contributed by atoms with Crippen LogP contribution in [0.25, 0.3) is 0 Å². The molecule has 0 saturated carbocycles. The molecule has 2 amide bonds. The van der Waals surface area contributed by atoms with E-state index in [0.717, 1.165) is 24.2 Å². The number of hydrogen-bond acceptors (Lipinski definition) is 6. The Morgan fingerprint density at radius 3 is 2.75 bits per heavy atom. The van der Waals surface area contributed by atoms with Gasteiger partial charge in [-0.1, -0.05) is 32.0 Å². The number of amides is 2. The molecule has 0 aromatic heterocycles. The highest BCUT2D eigenvalue weighted by molar-refractivity contribution is 5.90. The first-order chi connectivity index (χ1) is 15.3. The molecule has 8 nitrogen and oxygen atoms in total. The first kappa shape index (κ1) is 23.0. The summed E-state index contributed by atoms with van der Waals surface area (Å²) >= 11 is 0. The molecule has 3 heterocycles. The third-order valence-corrected chi connectivity index (χ3v) is 7.18. The second kappa shape index (κ2) is 9.37. The predicted octanol–water partition coefficient (Wildman–Crippen LogP) is 1.57. The molecule has 8 heteroatoms. The van der Waals surface area contributed by atoms with Crippen LogP contribution >= 0.6 is 0 Å². The molecule has 0 radical (unpaired) electrons. The molecular weight excluding hydrogens is 408 g/mol. The van der Waals surface area contributed by atoms with Gasteiger partial charge in [0.1, 0.15) is 18.0 Å². The lowest BCUT2D eigenvalue weighted by Crippen LogP contribution is -2.56. The maximum atomic E-state index is 13.6. The summed E-state index contributed by atoms with van der Waals surface area (Å²) in [4.78, 5) is 27.9. The number of carbonyl (C=O) groups excluding carboxylic acids is 2. The SMILES string of the molecule is CN[C@@H](C)C(=O)N[C@H]1CCO[C@H]2CC(C)(C)[C@@H](CN[C@@H]3CCOc4ccccc43)N2C1=O. The van der Waals surface area contributed by atoms with E-state index in [0.29, 0.717) is 26.2 Å². The van der Waals surface area contributed by atoms with Crippen molar-refractivity contribution in [2.24, 2.45) is 5.41 Å². The molecule has 176 valence electrons. The Bertz CT molecular complexity index is 845. The van der Waals surface area contributed by atoms with Crippen LogP contribution in [-0.4, -0.2) is 67.9 Å². The van der Waals surface area contributed by atoms with E-state index in [1.54, 1.807) is 14.0 Å². The molecule has 0 aliphatic carbocycles. The molecule has 1 aromatic carbocycles. The van der Waals surface area contributed by atoms with Crippen LogP contribution in [0.2, 0.25) is 0 Å². The van der Waals surface area contributed by atoms with Crippen molar-refractivity contribution in [1.82, 2.24) is 20.9 Å². The molecule has 1 aromatic rings. The molecule has 2 fully saturated rings. The van der Waals surface area contributed by atoms with Gasteiger partial charge in [0.25, 0.3) is 0 Å². The number of nitrogens with zero attached hydrogens (tertiary/aromatic N) is 1. The van der Waals surface area contributed by atoms with Gasteiger partial charge in [0, 0.05) is 31.0 Å². The van der Waals surface area contributed by atoms with E-state index in [4.69, 9.17) is 9.47 Å². The highest BCUT2D eigenvalue weighted by Gasteiger charge is 2.51. The third-order valence-electron chi connectivity index (χ3n) is 7.18. The van der Waals surface area contributed by atoms with Crippen LogP contribution in [0.1, 0.15) is 51.6 Å². The van der Waals surface area contributed by atoms with Crippen molar-refractivity contribution in [3.63, 3.8) is 0 Å². The van der Waals surface area contributed by atoms with Gasteiger partial charge in [-0.25, -0.2) is 0 Å². The van der Waals surface area contributed by atoms with Crippen LogP contribution in [-0.2, 0) is 14.3 Å². The lowest BCUT2D eigenvalue weighted by atomic mass is 9.84. The van der Waals surface area contributed by atoms with Crippen molar-refractivity contribution in [1.29, 1.82) is 0 Å². The van der Waals surface area contributed by atoms with Crippen molar-refractivity contribution in [2.45, 2.75) is 70.4 Å². The minimum absolute atomic E-state index is 0.0331. The molecule has 4 rings (SSSR count). The largest absolute Gasteiger partial charge is 0.493 e. The lowest BCUT2D eigenvalue weighted by molar-refractivity contribution is -0.144. The van der Waals surface area contributed by atoms with Gasteiger partial charge >= 0.3 is 0 Å². The van der Waals surface area contributed by atoms with Crippen LogP contribution in [0.5, 0.6) is 5.75 Å². The normalized spacial score (nSPS) is 30.0. The van der Waals surface area contributed by atoms with E-state index in [2.05, 4.69) is 35.9 Å². The standard InChI is InChI=1S/C24H36N4O4/c1-15(25-4)22(29)27-18-10-12-32-21-13-24(2,3)20(28(21)23(18)30)14-26-17-9-11-31-19-8-6-5-7-16(17)19/h5-8,15,17-18,20-21,25-26H,9-14H2,1-4H3,(H,27,29)/t15-,17+,18-,20+,21-/m0/s1. The fourth-order valence-electron chi connectivity index (χ4n) is 5.07. The number of likely N-dealkylation sites (N-methyl/N-ethyl adjacent to an activating group) is 1. The first-order valence-corrected chi connectivity index (χ1v) is 11.7. The summed E-state index contributed by atoms with van der Waals surface area (Å²) in [5, 5.41) is 9.56. The summed E-state index contributed by atoms with van der Waals surface area (Å²) < 4.78 is 11.9. The zero-order chi connectivity index (χ0) is 22.9. The fourth-order valence-corrected chi connectivity index (χ4v) is 5.07. The van der Waals surface area contributed by atoms with E-state index in [1.807, 2.05) is 23.1 Å². The van der Waals surface area contributed by atoms with Gasteiger partial charge in [-0.2, -0.15) is 0 Å². The van der Waals surface area contributed by atoms with Gasteiger partial charge < -0.3 is 30.3 Å². The molecule has 0 unspecified atom stereocenters. The molecular formula is C24H36N4O4. The van der Waals surface area contributed by atoms with Crippen LogP contribution in [0.3, 0.4) is 0 Å². The topological polar surface area (TPSA) is 91.9 Å². The maximum Gasteiger partial charge on any atom is 0.247 e. The average molecular weight is 445 g/mol. The van der Waals surface area contributed by atoms with E-state index < -0.39 is 6.04 Å². The minimum atomic E-state index is -0.566. The Balaban J connectivity index is 1.50. The van der Waals surface area contributed by atoms with Crippen LogP contribution in [0.4, 0.5) is 0 Å². The quantitative estimate of drug-likeness (QED) is 0.617. The molecule has 3 aliphatic rings. The number of benzene rings is 1. The van der Waals surface area contributed by atoms with Crippen molar-refractivity contribution in [3.05, 3.63) is 29.8 Å². The highest BCUT2D eigenvalue weighted by atomic mass is 16.5. The summed E-state index contributed by atoms with van der Waals surface area (Å²) in [5.41, 5.74) is 1.05. The van der Waals surface area contributed by atoms with E-state index in [1.165, 1.54) is 0 Å². The summed E-state index contributed by atoms with van der Waals surface area (Å²) in [6.07, 6.45) is 1.90. The first-order valence-electron chi connectivity index (χ1n) is 11.7. The van der Waals surface area contributed by atoms with E-state index in [9.17, 15) is 9.59 Å². The zero-order valence-electron chi connectivity index (χ0n) is 19.5. The number of nitrogens with one attached hydrogen (secondary N) is 3. The number of rotatable bonds is 6. The number of para-hydroxylation sites is 1. The molecule has 3 N–H and O–H groups in total. The summed E-state index contributed by atoms with van der Waals surface area (Å²) in [6.45, 7) is 7.96. The van der Waals surface area contributed by atoms with Gasteiger partial charge in [-0.05, 0) is 31.9 Å². The number of carbonyl (C=O) groups is 2. The molecule has 32 heavy (non-hydrogen) atoms. The second-order valence-electron chi connectivity index (χ2n) is 9.78. The van der Waals surface area contributed by atoms with Crippen molar-refractivity contribution < 1.29 is 19.1 Å². The van der Waals surface area contributed by atoms with E-state index in [-0.39, 0.29) is 41.6 Å². The van der Waals surface area contributed by atoms with Gasteiger partial charge in [0.05, 0.1) is 25.3 Å². The highest BCUT2D eigenvalue weighted by Crippen LogP contribution is 2.42. The van der Waals surface area contributed by atoms with Gasteiger partial charge in [-0.3, -0.25) is 9.59 Å². The maximum absolute atomic E-state index is 13.6. The lowest BCUT2D eigenvalue weighted by Gasteiger charge is -2.36. The minimum Gasteiger partial charge on any atom is -0.493 e. The fraction of sp³-hybridized carbons (Fsp3) is 0.667. The Morgan fingerprint density at radius 1 is 1.22 bits per heavy atom. The number of fused-ring (bicyclic) bond motifs is 2. The summed E-state index contributed by atoms with van der Waals surface area (Å²) in [6, 6.07) is 7.35. The van der Waals surface area contributed by atoms with E-state index >= 15 is 0 Å². The monoisotopic (exact) mass is 444 g/mol. The smallest absolute Gasteiger partial charge is 0.247 e. The number of hydrogen-bond donors (Lipinski definition) is 3. The molecule has 5 atom stereocenters. The summed E-state index contributed by atoms with van der Waals surface area (Å²) in [7, 11) is 1.73. The summed E-state index contributed by atoms with van der Waals surface area (Å²) in [5.74, 6) is 0.709. The van der Waals surface area contributed by atoms with Crippen LogP contribution in [0, 0.1) is 5.41 Å². The molecule has 0 spiro atoms. The van der Waals surface area contributed by atoms with Crippen LogP contribution < -0.4 is 20.7 Å². The predicted molar refractivity (Wildman–Crippen MR) is 121 cm³/mol. The van der Waals surface area contributed by atoms with Gasteiger partial charge in [0.15, 0.2) is 0 Å². The van der Waals surface area contributed by atoms with Crippen molar-refractivity contribution in [2.75, 3.05) is 26.8 Å². The van der Waals surface area contributed by atoms with Crippen molar-refractivity contribution >= 4 is 11.8 Å². The Morgan fingerprint density at radius 2 is 1.97 bits per heavy atom. The molecule has 2 saturated heterocycles. The van der Waals surface area contributed by atoms with Gasteiger partial charge in [-0.15, -0.1) is 0 Å². The Kier molecular flexibility index (Phi) is 6.74. The average Bonchev–Trinajstić information content (AvgIpc) is 2.95.